The van der Waals surface area contributed by atoms with Crippen molar-refractivity contribution in [1.29, 1.82) is 0 Å². The molecule has 3 aromatic rings. The topological polar surface area (TPSA) is 49.4 Å². The second kappa shape index (κ2) is 10.5. The van der Waals surface area contributed by atoms with Crippen LogP contribution in [0.25, 0.3) is 11.1 Å². The van der Waals surface area contributed by atoms with Crippen LogP contribution in [0.4, 0.5) is 0 Å². The molecule has 0 aromatic heterocycles. The molecule has 2 amide bonds. The van der Waals surface area contributed by atoms with Crippen LogP contribution in [0.3, 0.4) is 0 Å². The Morgan fingerprint density at radius 3 is 2.12 bits per heavy atom. The van der Waals surface area contributed by atoms with Crippen molar-refractivity contribution < 1.29 is 9.59 Å². The zero-order chi connectivity index (χ0) is 23.1. The quantitative estimate of drug-likeness (QED) is 0.539. The smallest absolute Gasteiger partial charge is 0.253 e. The third-order valence-electron chi connectivity index (χ3n) is 6.68. The van der Waals surface area contributed by atoms with Gasteiger partial charge >= 0.3 is 0 Å². The largest absolute Gasteiger partial charge is 0.356 e. The average Bonchev–Trinajstić information content (AvgIpc) is 2.88. The summed E-state index contributed by atoms with van der Waals surface area (Å²) in [6.07, 6.45) is 2.89. The van der Waals surface area contributed by atoms with Gasteiger partial charge in [0.25, 0.3) is 5.91 Å². The van der Waals surface area contributed by atoms with E-state index in [9.17, 15) is 9.59 Å². The van der Waals surface area contributed by atoms with E-state index < -0.39 is 5.41 Å². The van der Waals surface area contributed by atoms with E-state index in [0.29, 0.717) is 44.5 Å². The molecule has 1 saturated heterocycles. The van der Waals surface area contributed by atoms with Gasteiger partial charge in [-0.3, -0.25) is 9.59 Å². The molecule has 1 aliphatic rings. The molecule has 4 heteroatoms. The molecular weight excluding hydrogens is 408 g/mol. The van der Waals surface area contributed by atoms with Gasteiger partial charge in [-0.1, -0.05) is 79.7 Å². The fraction of sp³-hybridized carbons (Fsp3) is 0.310. The minimum Gasteiger partial charge on any atom is -0.356 e. The van der Waals surface area contributed by atoms with E-state index in [1.807, 2.05) is 59.5 Å². The summed E-state index contributed by atoms with van der Waals surface area (Å²) in [5.74, 6) is 0.155. The van der Waals surface area contributed by atoms with E-state index in [1.54, 1.807) is 0 Å². The fourth-order valence-corrected chi connectivity index (χ4v) is 4.75. The van der Waals surface area contributed by atoms with Crippen LogP contribution >= 0.6 is 0 Å². The van der Waals surface area contributed by atoms with Crippen molar-refractivity contribution in [3.8, 4) is 11.1 Å². The summed E-state index contributed by atoms with van der Waals surface area (Å²) >= 11 is 0. The predicted octanol–water partition coefficient (Wildman–Crippen LogP) is 5.34. The molecule has 1 N–H and O–H groups in total. The summed E-state index contributed by atoms with van der Waals surface area (Å²) in [7, 11) is 0. The van der Waals surface area contributed by atoms with Crippen LogP contribution in [0.1, 0.15) is 42.1 Å². The van der Waals surface area contributed by atoms with Gasteiger partial charge in [-0.25, -0.2) is 0 Å². The normalized spacial score (nSPS) is 15.1. The maximum absolute atomic E-state index is 13.5. The zero-order valence-electron chi connectivity index (χ0n) is 19.3. The summed E-state index contributed by atoms with van der Waals surface area (Å²) in [6.45, 7) is 3.91. The molecule has 170 valence electrons. The van der Waals surface area contributed by atoms with Crippen molar-refractivity contribution in [3.05, 3.63) is 96.1 Å². The minimum absolute atomic E-state index is 0.0443. The van der Waals surface area contributed by atoms with E-state index in [-0.39, 0.29) is 11.8 Å². The summed E-state index contributed by atoms with van der Waals surface area (Å²) in [5, 5.41) is 3.16. The number of piperidine rings is 1. The molecule has 0 radical (unpaired) electrons. The summed E-state index contributed by atoms with van der Waals surface area (Å²) in [4.78, 5) is 28.3. The number of nitrogens with one attached hydrogen (secondary N) is 1. The lowest BCUT2D eigenvalue weighted by molar-refractivity contribution is -0.133. The maximum atomic E-state index is 13.5. The average molecular weight is 441 g/mol. The number of likely N-dealkylation sites (tertiary alicyclic amines) is 1. The summed E-state index contributed by atoms with van der Waals surface area (Å²) in [6, 6.07) is 28.1. The predicted molar refractivity (Wildman–Crippen MR) is 133 cm³/mol. The molecule has 1 heterocycles. The molecule has 0 spiro atoms. The van der Waals surface area contributed by atoms with E-state index in [1.165, 1.54) is 11.1 Å². The first-order valence-electron chi connectivity index (χ1n) is 11.9. The van der Waals surface area contributed by atoms with Gasteiger partial charge in [0.05, 0.1) is 5.41 Å². The molecule has 0 atom stereocenters. The van der Waals surface area contributed by atoms with Gasteiger partial charge < -0.3 is 10.2 Å². The summed E-state index contributed by atoms with van der Waals surface area (Å²) < 4.78 is 0. The lowest BCUT2D eigenvalue weighted by Gasteiger charge is -2.41. The van der Waals surface area contributed by atoms with Crippen LogP contribution in [0.2, 0.25) is 0 Å². The molecule has 1 fully saturated rings. The Labute approximate surface area is 196 Å². The van der Waals surface area contributed by atoms with Crippen LogP contribution in [0, 0.1) is 5.41 Å². The second-order valence-corrected chi connectivity index (χ2v) is 8.89. The van der Waals surface area contributed by atoms with E-state index in [0.717, 1.165) is 12.0 Å². The molecule has 0 saturated carbocycles. The first kappa shape index (κ1) is 22.8. The number of carbonyl (C=O) groups excluding carboxylic acids is 2. The van der Waals surface area contributed by atoms with Crippen molar-refractivity contribution >= 4 is 11.8 Å². The maximum Gasteiger partial charge on any atom is 0.253 e. The van der Waals surface area contributed by atoms with Crippen molar-refractivity contribution in [3.63, 3.8) is 0 Å². The summed E-state index contributed by atoms with van der Waals surface area (Å²) in [5.41, 5.74) is 3.69. The van der Waals surface area contributed by atoms with Crippen LogP contribution in [0.15, 0.2) is 84.9 Å². The highest BCUT2D eigenvalue weighted by molar-refractivity contribution is 5.94. The number of carbonyl (C=O) groups is 2. The molecule has 3 aromatic carbocycles. The number of nitrogens with zero attached hydrogens (tertiary/aromatic N) is 1. The minimum atomic E-state index is -0.520. The van der Waals surface area contributed by atoms with Crippen molar-refractivity contribution in [2.75, 3.05) is 19.6 Å². The van der Waals surface area contributed by atoms with Gasteiger partial charge in [-0.2, -0.15) is 0 Å². The van der Waals surface area contributed by atoms with E-state index in [4.69, 9.17) is 0 Å². The molecular formula is C29H32N2O2. The van der Waals surface area contributed by atoms with Gasteiger partial charge in [-0.15, -0.1) is 0 Å². The van der Waals surface area contributed by atoms with E-state index >= 15 is 0 Å². The van der Waals surface area contributed by atoms with Gasteiger partial charge in [0.1, 0.15) is 0 Å². The highest BCUT2D eigenvalue weighted by atomic mass is 16.2. The molecule has 0 aliphatic carbocycles. The lowest BCUT2D eigenvalue weighted by Crippen LogP contribution is -2.51. The molecule has 4 nitrogen and oxygen atoms in total. The third-order valence-corrected chi connectivity index (χ3v) is 6.68. The van der Waals surface area contributed by atoms with Crippen LogP contribution < -0.4 is 5.32 Å². The molecule has 0 unspecified atom stereocenters. The Hall–Kier alpha value is -3.40. The Kier molecular flexibility index (Phi) is 7.23. The van der Waals surface area contributed by atoms with Crippen molar-refractivity contribution in [2.24, 2.45) is 5.41 Å². The van der Waals surface area contributed by atoms with Gasteiger partial charge in [0, 0.05) is 25.2 Å². The monoisotopic (exact) mass is 440 g/mol. The van der Waals surface area contributed by atoms with Gasteiger partial charge in [-0.05, 0) is 54.5 Å². The SMILES string of the molecule is CCCNC(=O)C1(Cc2ccccc2-c2ccccc2)CCN(C(=O)c2ccccc2)CC1. The number of hydrogen-bond donors (Lipinski definition) is 1. The standard InChI is InChI=1S/C29H32N2O2/c1-2-19-30-28(33)29(17-20-31(21-18-29)27(32)24-13-7-4-8-14-24)22-25-15-9-10-16-26(25)23-11-5-3-6-12-23/h3-16H,2,17-22H2,1H3,(H,30,33). The first-order chi connectivity index (χ1) is 16.1. The van der Waals surface area contributed by atoms with E-state index in [2.05, 4.69) is 42.6 Å². The Bertz CT molecular complexity index is 1070. The number of amides is 2. The van der Waals surface area contributed by atoms with Crippen molar-refractivity contribution in [2.45, 2.75) is 32.6 Å². The fourth-order valence-electron chi connectivity index (χ4n) is 4.75. The Morgan fingerprint density at radius 1 is 0.848 bits per heavy atom. The second-order valence-electron chi connectivity index (χ2n) is 8.89. The van der Waals surface area contributed by atoms with Crippen LogP contribution in [0.5, 0.6) is 0 Å². The molecule has 4 rings (SSSR count). The van der Waals surface area contributed by atoms with Crippen LogP contribution in [-0.4, -0.2) is 36.3 Å². The number of hydrogen-bond acceptors (Lipinski definition) is 2. The number of benzene rings is 3. The van der Waals surface area contributed by atoms with Gasteiger partial charge in [0.15, 0.2) is 0 Å². The highest BCUT2D eigenvalue weighted by Crippen LogP contribution is 2.38. The highest BCUT2D eigenvalue weighted by Gasteiger charge is 2.42. The Balaban J connectivity index is 1.59. The zero-order valence-corrected chi connectivity index (χ0v) is 19.3. The third kappa shape index (κ3) is 5.16. The van der Waals surface area contributed by atoms with Gasteiger partial charge in [0.2, 0.25) is 5.91 Å². The van der Waals surface area contributed by atoms with Crippen molar-refractivity contribution in [1.82, 2.24) is 10.2 Å². The molecule has 33 heavy (non-hydrogen) atoms. The lowest BCUT2D eigenvalue weighted by atomic mass is 9.72. The Morgan fingerprint density at radius 2 is 1.45 bits per heavy atom. The first-order valence-corrected chi connectivity index (χ1v) is 11.9. The molecule has 1 aliphatic heterocycles. The number of rotatable bonds is 7. The molecule has 0 bridgehead atoms. The van der Waals surface area contributed by atoms with Crippen LogP contribution in [-0.2, 0) is 11.2 Å².